The summed E-state index contributed by atoms with van der Waals surface area (Å²) in [4.78, 5) is 0. The fourth-order valence-corrected chi connectivity index (χ4v) is 7.23. The Kier molecular flexibility index (Phi) is 11.9. The molecule has 2 aliphatic carbocycles. The number of hydrogen-bond acceptors (Lipinski definition) is 0. The maximum Gasteiger partial charge on any atom is 0.131 e. The molecule has 2 aliphatic rings. The first-order chi connectivity index (χ1) is 18.1. The summed E-state index contributed by atoms with van der Waals surface area (Å²) in [6.45, 7) is 2.30. The molecule has 0 spiro atoms. The maximum absolute atomic E-state index is 14.9. The van der Waals surface area contributed by atoms with E-state index in [0.29, 0.717) is 16.5 Å². The molecule has 37 heavy (non-hydrogen) atoms. The molecule has 0 bridgehead atoms. The standard InChI is InChI=1S/C35H50ClF/c1-2-3-4-5-6-7-8-9-27-10-12-28(13-11-27)14-15-29-16-18-30(19-17-29)32-22-25-34(35(37)26-32)31-20-23-33(36)24-21-31/h20-30H,2-19H2,1H3/t27-,28-,29-,30-. The fourth-order valence-electron chi connectivity index (χ4n) is 7.10. The normalized spacial score (nSPS) is 24.3. The Labute approximate surface area is 231 Å². The molecule has 4 rings (SSSR count). The monoisotopic (exact) mass is 524 g/mol. The first-order valence-electron chi connectivity index (χ1n) is 15.7. The van der Waals surface area contributed by atoms with Crippen LogP contribution >= 0.6 is 11.6 Å². The van der Waals surface area contributed by atoms with Gasteiger partial charge in [0.2, 0.25) is 0 Å². The Bertz CT molecular complexity index is 903. The molecule has 2 heteroatoms. The van der Waals surface area contributed by atoms with Gasteiger partial charge in [0.1, 0.15) is 5.82 Å². The second-order valence-corrected chi connectivity index (χ2v) is 12.8. The van der Waals surface area contributed by atoms with E-state index in [1.807, 2.05) is 30.3 Å². The van der Waals surface area contributed by atoms with Gasteiger partial charge in [-0.3, -0.25) is 0 Å². The van der Waals surface area contributed by atoms with Crippen molar-refractivity contribution in [1.29, 1.82) is 0 Å². The van der Waals surface area contributed by atoms with E-state index in [9.17, 15) is 4.39 Å². The van der Waals surface area contributed by atoms with E-state index in [-0.39, 0.29) is 5.82 Å². The summed E-state index contributed by atoms with van der Waals surface area (Å²) >= 11 is 5.99. The lowest BCUT2D eigenvalue weighted by atomic mass is 9.74. The summed E-state index contributed by atoms with van der Waals surface area (Å²) in [6.07, 6.45) is 25.4. The van der Waals surface area contributed by atoms with E-state index < -0.39 is 0 Å². The molecule has 2 fully saturated rings. The number of halogens is 2. The maximum atomic E-state index is 14.9. The lowest BCUT2D eigenvalue weighted by Gasteiger charge is -2.32. The molecule has 0 nitrogen and oxygen atoms in total. The van der Waals surface area contributed by atoms with Crippen LogP contribution in [0.25, 0.3) is 11.1 Å². The van der Waals surface area contributed by atoms with Crippen molar-refractivity contribution in [3.8, 4) is 11.1 Å². The number of rotatable bonds is 13. The van der Waals surface area contributed by atoms with Crippen LogP contribution in [-0.2, 0) is 0 Å². The van der Waals surface area contributed by atoms with E-state index in [2.05, 4.69) is 13.0 Å². The lowest BCUT2D eigenvalue weighted by Crippen LogP contribution is -2.18. The van der Waals surface area contributed by atoms with Crippen molar-refractivity contribution < 1.29 is 4.39 Å². The second-order valence-electron chi connectivity index (χ2n) is 12.3. The largest absolute Gasteiger partial charge is 0.206 e. The van der Waals surface area contributed by atoms with Gasteiger partial charge in [-0.2, -0.15) is 0 Å². The Morgan fingerprint density at radius 2 is 1.19 bits per heavy atom. The topological polar surface area (TPSA) is 0 Å². The number of hydrogen-bond donors (Lipinski definition) is 0. The van der Waals surface area contributed by atoms with Gasteiger partial charge in [0, 0.05) is 10.6 Å². The molecule has 0 unspecified atom stereocenters. The molecule has 2 saturated carbocycles. The Morgan fingerprint density at radius 3 is 1.78 bits per heavy atom. The Hall–Kier alpha value is -1.34. The highest BCUT2D eigenvalue weighted by atomic mass is 35.5. The molecular weight excluding hydrogens is 475 g/mol. The van der Waals surface area contributed by atoms with Gasteiger partial charge in [-0.05, 0) is 78.7 Å². The van der Waals surface area contributed by atoms with Crippen LogP contribution in [-0.4, -0.2) is 0 Å². The van der Waals surface area contributed by atoms with Gasteiger partial charge in [0.25, 0.3) is 0 Å². The van der Waals surface area contributed by atoms with E-state index in [1.54, 1.807) is 6.07 Å². The van der Waals surface area contributed by atoms with Crippen LogP contribution < -0.4 is 0 Å². The fraction of sp³-hybridized carbons (Fsp3) is 0.657. The van der Waals surface area contributed by atoms with Crippen molar-refractivity contribution in [3.63, 3.8) is 0 Å². The zero-order valence-electron chi connectivity index (χ0n) is 23.3. The van der Waals surface area contributed by atoms with Crippen molar-refractivity contribution in [2.45, 2.75) is 128 Å². The van der Waals surface area contributed by atoms with Crippen molar-refractivity contribution in [3.05, 3.63) is 58.9 Å². The average molecular weight is 525 g/mol. The van der Waals surface area contributed by atoms with Crippen molar-refractivity contribution in [2.24, 2.45) is 17.8 Å². The van der Waals surface area contributed by atoms with Crippen molar-refractivity contribution in [2.75, 3.05) is 0 Å². The molecule has 0 N–H and O–H groups in total. The van der Waals surface area contributed by atoms with Crippen LogP contribution in [0.4, 0.5) is 4.39 Å². The number of unbranched alkanes of at least 4 members (excludes halogenated alkanes) is 6. The first-order valence-corrected chi connectivity index (χ1v) is 16.1. The second kappa shape index (κ2) is 15.3. The molecule has 2 aromatic rings. The lowest BCUT2D eigenvalue weighted by molar-refractivity contribution is 0.222. The molecule has 204 valence electrons. The van der Waals surface area contributed by atoms with Gasteiger partial charge < -0.3 is 0 Å². The third-order valence-corrected chi connectivity index (χ3v) is 9.88. The highest BCUT2D eigenvalue weighted by Crippen LogP contribution is 2.41. The third kappa shape index (κ3) is 9.12. The summed E-state index contributed by atoms with van der Waals surface area (Å²) < 4.78 is 14.9. The zero-order valence-corrected chi connectivity index (χ0v) is 24.1. The van der Waals surface area contributed by atoms with Crippen LogP contribution in [0.1, 0.15) is 134 Å². The van der Waals surface area contributed by atoms with Crippen LogP contribution in [0.15, 0.2) is 42.5 Å². The van der Waals surface area contributed by atoms with E-state index in [1.165, 1.54) is 121 Å². The van der Waals surface area contributed by atoms with E-state index in [0.717, 1.165) is 23.3 Å². The molecule has 0 atom stereocenters. The molecule has 2 aromatic carbocycles. The van der Waals surface area contributed by atoms with Gasteiger partial charge in [0.15, 0.2) is 0 Å². The van der Waals surface area contributed by atoms with Gasteiger partial charge in [0.05, 0.1) is 0 Å². The minimum absolute atomic E-state index is 0.107. The minimum atomic E-state index is -0.107. The van der Waals surface area contributed by atoms with Gasteiger partial charge in [-0.15, -0.1) is 0 Å². The summed E-state index contributed by atoms with van der Waals surface area (Å²) in [5.41, 5.74) is 2.75. The van der Waals surface area contributed by atoms with E-state index in [4.69, 9.17) is 11.6 Å². The summed E-state index contributed by atoms with van der Waals surface area (Å²) in [5.74, 6) is 3.31. The highest BCUT2D eigenvalue weighted by molar-refractivity contribution is 6.30. The summed E-state index contributed by atoms with van der Waals surface area (Å²) in [7, 11) is 0. The Morgan fingerprint density at radius 1 is 0.649 bits per heavy atom. The van der Waals surface area contributed by atoms with Crippen molar-refractivity contribution >= 4 is 11.6 Å². The molecule has 0 saturated heterocycles. The summed E-state index contributed by atoms with van der Waals surface area (Å²) in [6, 6.07) is 13.4. The molecule has 0 aromatic heterocycles. The predicted octanol–water partition coefficient (Wildman–Crippen LogP) is 12.1. The molecule has 0 heterocycles. The minimum Gasteiger partial charge on any atom is -0.206 e. The predicted molar refractivity (Wildman–Crippen MR) is 159 cm³/mol. The van der Waals surface area contributed by atoms with Crippen LogP contribution in [0.5, 0.6) is 0 Å². The molecule has 0 aliphatic heterocycles. The van der Waals surface area contributed by atoms with Crippen LogP contribution in [0.3, 0.4) is 0 Å². The van der Waals surface area contributed by atoms with Crippen molar-refractivity contribution in [1.82, 2.24) is 0 Å². The van der Waals surface area contributed by atoms with Crippen LogP contribution in [0, 0.1) is 23.6 Å². The van der Waals surface area contributed by atoms with Gasteiger partial charge in [-0.25, -0.2) is 4.39 Å². The zero-order chi connectivity index (χ0) is 25.9. The molecule has 0 amide bonds. The molecule has 0 radical (unpaired) electrons. The van der Waals surface area contributed by atoms with E-state index >= 15 is 0 Å². The highest BCUT2D eigenvalue weighted by Gasteiger charge is 2.26. The first kappa shape index (κ1) is 28.7. The SMILES string of the molecule is CCCCCCCCC[C@H]1CC[C@H](CC[C@H]2CC[C@H](c3ccc(-c4ccc(Cl)cc4)c(F)c3)CC2)CC1. The third-order valence-electron chi connectivity index (χ3n) is 9.63. The van der Waals surface area contributed by atoms with Gasteiger partial charge >= 0.3 is 0 Å². The number of benzene rings is 2. The Balaban J connectivity index is 1.11. The average Bonchev–Trinajstić information content (AvgIpc) is 2.93. The molecular formula is C35H50ClF. The summed E-state index contributed by atoms with van der Waals surface area (Å²) in [5, 5.41) is 0.684. The van der Waals surface area contributed by atoms with Crippen LogP contribution in [0.2, 0.25) is 5.02 Å². The quantitative estimate of drug-likeness (QED) is 0.228. The van der Waals surface area contributed by atoms with Gasteiger partial charge in [-0.1, -0.05) is 133 Å². The smallest absolute Gasteiger partial charge is 0.131 e.